The van der Waals surface area contributed by atoms with Crippen molar-refractivity contribution in [3.05, 3.63) is 17.0 Å². The zero-order valence-electron chi connectivity index (χ0n) is 13.1. The molecule has 1 unspecified atom stereocenters. The average Bonchev–Trinajstić information content (AvgIpc) is 2.45. The highest BCUT2D eigenvalue weighted by atomic mass is 35.5. The van der Waals surface area contributed by atoms with Crippen LogP contribution in [0.4, 0.5) is 5.82 Å². The number of piperidine rings is 1. The lowest BCUT2D eigenvalue weighted by molar-refractivity contribution is -0.124. The minimum Gasteiger partial charge on any atom is -0.359 e. The minimum atomic E-state index is -0.157. The number of carbonyl (C=O) groups excluding carboxylic acids is 1. The predicted octanol–water partition coefficient (Wildman–Crippen LogP) is 2.39. The maximum Gasteiger partial charge on any atom is 0.224 e. The maximum atomic E-state index is 11.8. The molecular weight excluding hydrogens is 288 g/mol. The Morgan fingerprint density at radius 1 is 1.43 bits per heavy atom. The molecule has 0 radical (unpaired) electrons. The Hall–Kier alpha value is -1.36. The summed E-state index contributed by atoms with van der Waals surface area (Å²) >= 11 is 6.14. The fourth-order valence-corrected chi connectivity index (χ4v) is 2.68. The fraction of sp³-hybridized carbons (Fsp3) is 0.667. The molecular formula is C15H23ClN4O. The lowest BCUT2D eigenvalue weighted by Crippen LogP contribution is -2.42. The molecule has 1 aromatic rings. The molecule has 1 N–H and O–H groups in total. The van der Waals surface area contributed by atoms with Gasteiger partial charge in [-0.25, -0.2) is 9.97 Å². The van der Waals surface area contributed by atoms with Crippen LogP contribution in [0.1, 0.15) is 39.4 Å². The quantitative estimate of drug-likeness (QED) is 0.852. The van der Waals surface area contributed by atoms with Crippen molar-refractivity contribution >= 4 is 23.3 Å². The van der Waals surface area contributed by atoms with E-state index < -0.39 is 0 Å². The summed E-state index contributed by atoms with van der Waals surface area (Å²) in [5, 5.41) is 3.18. The molecule has 0 saturated carbocycles. The van der Waals surface area contributed by atoms with Gasteiger partial charge < -0.3 is 10.2 Å². The molecule has 0 aromatic carbocycles. The summed E-state index contributed by atoms with van der Waals surface area (Å²) in [7, 11) is 1.68. The van der Waals surface area contributed by atoms with Gasteiger partial charge in [-0.3, -0.25) is 4.79 Å². The van der Waals surface area contributed by atoms with Crippen LogP contribution in [0, 0.1) is 5.92 Å². The SMILES string of the molecule is CNC(=O)C1CCCN(c2cc(Cl)nc(C(C)(C)C)n2)C1. The first-order chi connectivity index (χ1) is 9.81. The van der Waals surface area contributed by atoms with E-state index in [1.807, 2.05) is 0 Å². The molecule has 6 heteroatoms. The minimum absolute atomic E-state index is 0.00979. The molecule has 2 rings (SSSR count). The normalized spacial score (nSPS) is 19.5. The van der Waals surface area contributed by atoms with Gasteiger partial charge in [-0.2, -0.15) is 0 Å². The van der Waals surface area contributed by atoms with Crippen molar-refractivity contribution in [1.82, 2.24) is 15.3 Å². The Kier molecular flexibility index (Phi) is 4.71. The highest BCUT2D eigenvalue weighted by Crippen LogP contribution is 2.27. The lowest BCUT2D eigenvalue weighted by Gasteiger charge is -2.33. The summed E-state index contributed by atoms with van der Waals surface area (Å²) in [6.45, 7) is 7.75. The van der Waals surface area contributed by atoms with Crippen LogP contribution in [0.15, 0.2) is 6.07 Å². The van der Waals surface area contributed by atoms with E-state index in [2.05, 4.69) is 41.0 Å². The van der Waals surface area contributed by atoms with E-state index >= 15 is 0 Å². The Morgan fingerprint density at radius 3 is 2.76 bits per heavy atom. The molecule has 2 heterocycles. The topological polar surface area (TPSA) is 58.1 Å². The van der Waals surface area contributed by atoms with Crippen molar-refractivity contribution in [3.8, 4) is 0 Å². The largest absolute Gasteiger partial charge is 0.359 e. The Bertz CT molecular complexity index is 527. The van der Waals surface area contributed by atoms with E-state index in [0.29, 0.717) is 11.7 Å². The van der Waals surface area contributed by atoms with E-state index in [0.717, 1.165) is 31.0 Å². The second kappa shape index (κ2) is 6.18. The molecule has 1 atom stereocenters. The number of rotatable bonds is 2. The number of hydrogen-bond donors (Lipinski definition) is 1. The van der Waals surface area contributed by atoms with E-state index in [1.54, 1.807) is 13.1 Å². The zero-order valence-corrected chi connectivity index (χ0v) is 13.9. The van der Waals surface area contributed by atoms with Gasteiger partial charge in [0.05, 0.1) is 5.92 Å². The maximum absolute atomic E-state index is 11.8. The fourth-order valence-electron chi connectivity index (χ4n) is 2.51. The number of aromatic nitrogens is 2. The highest BCUT2D eigenvalue weighted by Gasteiger charge is 2.27. The van der Waals surface area contributed by atoms with E-state index in [1.165, 1.54) is 0 Å². The number of anilines is 1. The standard InChI is InChI=1S/C15H23ClN4O/c1-15(2,3)14-18-11(16)8-12(19-14)20-7-5-6-10(9-20)13(21)17-4/h8,10H,5-7,9H2,1-4H3,(H,17,21). The molecule has 1 aromatic heterocycles. The van der Waals surface area contributed by atoms with E-state index in [4.69, 9.17) is 11.6 Å². The third kappa shape index (κ3) is 3.84. The number of carbonyl (C=O) groups is 1. The number of nitrogens with one attached hydrogen (secondary N) is 1. The van der Waals surface area contributed by atoms with E-state index in [-0.39, 0.29) is 17.2 Å². The second-order valence-electron chi connectivity index (χ2n) is 6.52. The summed E-state index contributed by atoms with van der Waals surface area (Å²) in [5.41, 5.74) is -0.157. The van der Waals surface area contributed by atoms with Crippen LogP contribution in [0.3, 0.4) is 0 Å². The van der Waals surface area contributed by atoms with Gasteiger partial charge in [0.2, 0.25) is 5.91 Å². The smallest absolute Gasteiger partial charge is 0.224 e. The van der Waals surface area contributed by atoms with Crippen molar-refractivity contribution in [2.75, 3.05) is 25.0 Å². The van der Waals surface area contributed by atoms with Gasteiger partial charge in [-0.15, -0.1) is 0 Å². The van der Waals surface area contributed by atoms with Crippen molar-refractivity contribution in [3.63, 3.8) is 0 Å². The lowest BCUT2D eigenvalue weighted by atomic mass is 9.95. The number of hydrogen-bond acceptors (Lipinski definition) is 4. The van der Waals surface area contributed by atoms with Gasteiger partial charge in [0.25, 0.3) is 0 Å². The van der Waals surface area contributed by atoms with Crippen LogP contribution in [0.5, 0.6) is 0 Å². The second-order valence-corrected chi connectivity index (χ2v) is 6.91. The summed E-state index contributed by atoms with van der Waals surface area (Å²) in [4.78, 5) is 22.9. The Labute approximate surface area is 131 Å². The molecule has 0 aliphatic carbocycles. The van der Waals surface area contributed by atoms with Crippen molar-refractivity contribution < 1.29 is 4.79 Å². The summed E-state index contributed by atoms with van der Waals surface area (Å²) in [6.07, 6.45) is 1.89. The Balaban J connectivity index is 2.25. The van der Waals surface area contributed by atoms with Crippen molar-refractivity contribution in [2.24, 2.45) is 5.92 Å². The van der Waals surface area contributed by atoms with Crippen molar-refractivity contribution in [1.29, 1.82) is 0 Å². The molecule has 0 spiro atoms. The van der Waals surface area contributed by atoms with E-state index in [9.17, 15) is 4.79 Å². The molecule has 1 amide bonds. The molecule has 0 bridgehead atoms. The molecule has 1 aliphatic heterocycles. The molecule has 1 fully saturated rings. The monoisotopic (exact) mass is 310 g/mol. The van der Waals surface area contributed by atoms with Gasteiger partial charge in [-0.1, -0.05) is 32.4 Å². The summed E-state index contributed by atoms with van der Waals surface area (Å²) in [6, 6.07) is 1.78. The van der Waals surface area contributed by atoms with Crippen LogP contribution in [-0.4, -0.2) is 36.0 Å². The third-order valence-corrected chi connectivity index (χ3v) is 3.91. The first-order valence-corrected chi connectivity index (χ1v) is 7.70. The first-order valence-electron chi connectivity index (χ1n) is 7.33. The Morgan fingerprint density at radius 2 is 2.14 bits per heavy atom. The molecule has 1 aliphatic rings. The highest BCUT2D eigenvalue weighted by molar-refractivity contribution is 6.29. The zero-order chi connectivity index (χ0) is 15.6. The summed E-state index contributed by atoms with van der Waals surface area (Å²) in [5.74, 6) is 1.65. The van der Waals surface area contributed by atoms with Crippen LogP contribution in [0.25, 0.3) is 0 Å². The predicted molar refractivity (Wildman–Crippen MR) is 84.7 cm³/mol. The molecule has 21 heavy (non-hydrogen) atoms. The molecule has 1 saturated heterocycles. The van der Waals surface area contributed by atoms with Gasteiger partial charge >= 0.3 is 0 Å². The van der Waals surface area contributed by atoms with Gasteiger partial charge in [-0.05, 0) is 12.8 Å². The van der Waals surface area contributed by atoms with Crippen LogP contribution >= 0.6 is 11.6 Å². The first kappa shape index (κ1) is 16.0. The molecule has 5 nitrogen and oxygen atoms in total. The molecule has 116 valence electrons. The number of amides is 1. The average molecular weight is 311 g/mol. The van der Waals surface area contributed by atoms with Crippen LogP contribution < -0.4 is 10.2 Å². The third-order valence-electron chi connectivity index (χ3n) is 3.71. The van der Waals surface area contributed by atoms with Crippen LogP contribution in [0.2, 0.25) is 5.15 Å². The van der Waals surface area contributed by atoms with Crippen LogP contribution in [-0.2, 0) is 10.2 Å². The number of nitrogens with zero attached hydrogens (tertiary/aromatic N) is 3. The van der Waals surface area contributed by atoms with Crippen molar-refractivity contribution in [2.45, 2.75) is 39.0 Å². The van der Waals surface area contributed by atoms with Gasteiger partial charge in [0, 0.05) is 31.6 Å². The summed E-state index contributed by atoms with van der Waals surface area (Å²) < 4.78 is 0. The van der Waals surface area contributed by atoms with Gasteiger partial charge in [0.15, 0.2) is 0 Å². The van der Waals surface area contributed by atoms with Gasteiger partial charge in [0.1, 0.15) is 16.8 Å². The number of halogens is 1.